The molecule has 0 aromatic carbocycles. The van der Waals surface area contributed by atoms with Gasteiger partial charge in [0.25, 0.3) is 0 Å². The molecule has 0 unspecified atom stereocenters. The van der Waals surface area contributed by atoms with Crippen molar-refractivity contribution in [2.24, 2.45) is 0 Å². The minimum atomic E-state index is -0.233. The van der Waals surface area contributed by atoms with E-state index in [9.17, 15) is 4.79 Å². The van der Waals surface area contributed by atoms with E-state index in [0.717, 1.165) is 5.56 Å². The van der Waals surface area contributed by atoms with Crippen LogP contribution in [0.15, 0.2) is 4.52 Å². The summed E-state index contributed by atoms with van der Waals surface area (Å²) in [4.78, 5) is 15.7. The predicted molar refractivity (Wildman–Crippen MR) is 61.2 cm³/mol. The molecular formula is C10H13N5O3. The number of nitrogens with zero attached hydrogens (tertiary/aromatic N) is 3. The molecule has 2 heterocycles. The number of ether oxygens (including phenoxy) is 1. The average molecular weight is 251 g/mol. The fourth-order valence-corrected chi connectivity index (χ4v) is 1.48. The molecule has 18 heavy (non-hydrogen) atoms. The third-order valence-electron chi connectivity index (χ3n) is 2.42. The van der Waals surface area contributed by atoms with E-state index in [1.165, 1.54) is 7.11 Å². The topological polar surface area (TPSA) is 106 Å². The van der Waals surface area contributed by atoms with E-state index in [2.05, 4.69) is 25.7 Å². The van der Waals surface area contributed by atoms with Crippen molar-refractivity contribution >= 4 is 11.9 Å². The lowest BCUT2D eigenvalue weighted by molar-refractivity contribution is -0.115. The predicted octanol–water partition coefficient (Wildman–Crippen LogP) is 0.599. The number of hydrogen-bond donors (Lipinski definition) is 2. The highest BCUT2D eigenvalue weighted by atomic mass is 16.5. The number of H-pyrrole nitrogens is 1. The Morgan fingerprint density at radius 3 is 2.83 bits per heavy atom. The Morgan fingerprint density at radius 1 is 1.50 bits per heavy atom. The number of nitrogens with one attached hydrogen (secondary N) is 2. The van der Waals surface area contributed by atoms with Crippen LogP contribution in [0.4, 0.5) is 5.95 Å². The summed E-state index contributed by atoms with van der Waals surface area (Å²) in [6.45, 7) is 3.55. The maximum atomic E-state index is 11.8. The summed E-state index contributed by atoms with van der Waals surface area (Å²) in [5.41, 5.74) is 1.48. The molecule has 0 atom stereocenters. The van der Waals surface area contributed by atoms with E-state index in [0.29, 0.717) is 11.5 Å². The first-order chi connectivity index (χ1) is 8.60. The van der Waals surface area contributed by atoms with Gasteiger partial charge >= 0.3 is 6.01 Å². The van der Waals surface area contributed by atoms with Gasteiger partial charge in [0.05, 0.1) is 19.2 Å². The number of carbonyl (C=O) groups is 1. The number of rotatable bonds is 4. The standard InChI is InChI=1S/C10H13N5O3/c1-5-7(6(2)18-15-5)4-8(16)11-9-12-10(17-3)14-13-9/h4H2,1-3H3,(H2,11,12,13,14,16). The molecule has 0 radical (unpaired) electrons. The highest BCUT2D eigenvalue weighted by Crippen LogP contribution is 2.13. The second kappa shape index (κ2) is 4.86. The largest absolute Gasteiger partial charge is 0.466 e. The van der Waals surface area contributed by atoms with E-state index in [4.69, 9.17) is 9.26 Å². The Kier molecular flexibility index (Phi) is 3.26. The zero-order valence-electron chi connectivity index (χ0n) is 10.3. The van der Waals surface area contributed by atoms with E-state index in [1.54, 1.807) is 13.8 Å². The fourth-order valence-electron chi connectivity index (χ4n) is 1.48. The third kappa shape index (κ3) is 2.47. The van der Waals surface area contributed by atoms with Crippen LogP contribution in [0.5, 0.6) is 6.01 Å². The molecule has 0 fully saturated rings. The second-order valence-electron chi connectivity index (χ2n) is 3.70. The van der Waals surface area contributed by atoms with E-state index in [-0.39, 0.29) is 24.3 Å². The molecule has 0 bridgehead atoms. The van der Waals surface area contributed by atoms with Gasteiger partial charge in [0.2, 0.25) is 11.9 Å². The summed E-state index contributed by atoms with van der Waals surface area (Å²) in [5.74, 6) is 0.643. The van der Waals surface area contributed by atoms with Gasteiger partial charge in [-0.1, -0.05) is 5.16 Å². The molecule has 0 aliphatic rings. The summed E-state index contributed by atoms with van der Waals surface area (Å²) in [6.07, 6.45) is 0.171. The van der Waals surface area contributed by atoms with Crippen LogP contribution in [0.2, 0.25) is 0 Å². The van der Waals surface area contributed by atoms with Gasteiger partial charge in [-0.3, -0.25) is 10.1 Å². The molecule has 1 amide bonds. The van der Waals surface area contributed by atoms with Crippen LogP contribution >= 0.6 is 0 Å². The quantitative estimate of drug-likeness (QED) is 0.824. The van der Waals surface area contributed by atoms with Crippen molar-refractivity contribution in [1.29, 1.82) is 0 Å². The van der Waals surface area contributed by atoms with Crippen LogP contribution in [0.3, 0.4) is 0 Å². The molecule has 0 spiro atoms. The van der Waals surface area contributed by atoms with Crippen LogP contribution in [0.1, 0.15) is 17.0 Å². The highest BCUT2D eigenvalue weighted by molar-refractivity contribution is 5.90. The van der Waals surface area contributed by atoms with Gasteiger partial charge in [0.1, 0.15) is 5.76 Å². The Balaban J connectivity index is 2.01. The van der Waals surface area contributed by atoms with Crippen molar-refractivity contribution in [3.05, 3.63) is 17.0 Å². The van der Waals surface area contributed by atoms with Crippen LogP contribution in [-0.2, 0) is 11.2 Å². The maximum Gasteiger partial charge on any atom is 0.336 e. The molecule has 8 nitrogen and oxygen atoms in total. The number of methoxy groups -OCH3 is 1. The molecule has 2 N–H and O–H groups in total. The van der Waals surface area contributed by atoms with Crippen molar-refractivity contribution in [3.63, 3.8) is 0 Å². The molecule has 0 aliphatic heterocycles. The van der Waals surface area contributed by atoms with Gasteiger partial charge in [-0.05, 0) is 13.8 Å². The van der Waals surface area contributed by atoms with Crippen LogP contribution in [0.25, 0.3) is 0 Å². The fraction of sp³-hybridized carbons (Fsp3) is 0.400. The molecular weight excluding hydrogens is 238 g/mol. The zero-order chi connectivity index (χ0) is 13.1. The van der Waals surface area contributed by atoms with Gasteiger partial charge in [0, 0.05) is 5.56 Å². The summed E-state index contributed by atoms with van der Waals surface area (Å²) >= 11 is 0. The highest BCUT2D eigenvalue weighted by Gasteiger charge is 2.14. The third-order valence-corrected chi connectivity index (χ3v) is 2.42. The summed E-state index contributed by atoms with van der Waals surface area (Å²) in [6, 6.07) is 0.169. The minimum absolute atomic E-state index is 0.169. The molecule has 2 aromatic rings. The molecule has 0 saturated heterocycles. The normalized spacial score (nSPS) is 10.4. The van der Waals surface area contributed by atoms with Crippen molar-refractivity contribution in [2.45, 2.75) is 20.3 Å². The first kappa shape index (κ1) is 12.1. The Hall–Kier alpha value is -2.38. The van der Waals surface area contributed by atoms with Crippen LogP contribution < -0.4 is 10.1 Å². The van der Waals surface area contributed by atoms with Gasteiger partial charge in [-0.25, -0.2) is 5.10 Å². The summed E-state index contributed by atoms with van der Waals surface area (Å²) < 4.78 is 9.77. The smallest absolute Gasteiger partial charge is 0.336 e. The van der Waals surface area contributed by atoms with Crippen molar-refractivity contribution in [2.75, 3.05) is 12.4 Å². The number of hydrogen-bond acceptors (Lipinski definition) is 6. The van der Waals surface area contributed by atoms with Crippen molar-refractivity contribution in [1.82, 2.24) is 20.3 Å². The number of aromatic nitrogens is 4. The first-order valence-electron chi connectivity index (χ1n) is 5.28. The van der Waals surface area contributed by atoms with E-state index >= 15 is 0 Å². The average Bonchev–Trinajstić information content (AvgIpc) is 2.91. The summed E-state index contributed by atoms with van der Waals surface area (Å²) in [5, 5.41) is 12.6. The molecule has 0 aliphatic carbocycles. The van der Waals surface area contributed by atoms with Gasteiger partial charge in [-0.15, -0.1) is 5.10 Å². The van der Waals surface area contributed by atoms with Crippen molar-refractivity contribution < 1.29 is 14.1 Å². The number of amides is 1. The van der Waals surface area contributed by atoms with E-state index < -0.39 is 0 Å². The van der Waals surface area contributed by atoms with Crippen LogP contribution in [0, 0.1) is 13.8 Å². The molecule has 2 rings (SSSR count). The maximum absolute atomic E-state index is 11.8. The second-order valence-corrected chi connectivity index (χ2v) is 3.70. The zero-order valence-corrected chi connectivity index (χ0v) is 10.3. The molecule has 8 heteroatoms. The van der Waals surface area contributed by atoms with E-state index in [1.807, 2.05) is 0 Å². The lowest BCUT2D eigenvalue weighted by Gasteiger charge is -2.00. The number of carbonyl (C=O) groups excluding carboxylic acids is 1. The molecule has 2 aromatic heterocycles. The Labute approximate surface area is 103 Å². The molecule has 0 saturated carbocycles. The molecule has 96 valence electrons. The lowest BCUT2D eigenvalue weighted by Crippen LogP contribution is -2.16. The van der Waals surface area contributed by atoms with Gasteiger partial charge in [0.15, 0.2) is 0 Å². The Morgan fingerprint density at radius 2 is 2.28 bits per heavy atom. The SMILES string of the molecule is COc1n[nH]c(NC(=O)Cc2c(C)noc2C)n1. The van der Waals surface area contributed by atoms with Gasteiger partial charge < -0.3 is 9.26 Å². The monoisotopic (exact) mass is 251 g/mol. The van der Waals surface area contributed by atoms with Gasteiger partial charge in [-0.2, -0.15) is 4.98 Å². The lowest BCUT2D eigenvalue weighted by atomic mass is 10.1. The van der Waals surface area contributed by atoms with Crippen LogP contribution in [-0.4, -0.2) is 33.4 Å². The number of aromatic amines is 1. The minimum Gasteiger partial charge on any atom is -0.466 e. The number of anilines is 1. The first-order valence-corrected chi connectivity index (χ1v) is 5.28. The Bertz CT molecular complexity index is 540. The number of aryl methyl sites for hydroxylation is 2. The summed E-state index contributed by atoms with van der Waals surface area (Å²) in [7, 11) is 1.44. The van der Waals surface area contributed by atoms with Crippen molar-refractivity contribution in [3.8, 4) is 6.01 Å².